The molecule has 9 heteroatoms. The Hall–Kier alpha value is -4.17. The number of aliphatic imine (C=N–C) groups is 1. The minimum absolute atomic E-state index is 0.225. The lowest BCUT2D eigenvalue weighted by atomic mass is 9.90. The molecule has 4 heterocycles. The van der Waals surface area contributed by atoms with Crippen LogP contribution < -0.4 is 14.2 Å². The van der Waals surface area contributed by atoms with E-state index in [0.29, 0.717) is 34.6 Å². The minimum Gasteiger partial charge on any atom is -0.454 e. The van der Waals surface area contributed by atoms with Crippen LogP contribution in [0.15, 0.2) is 78.3 Å². The highest BCUT2D eigenvalue weighted by Crippen LogP contribution is 2.39. The van der Waals surface area contributed by atoms with E-state index >= 15 is 0 Å². The Labute approximate surface area is 206 Å². The number of fused-ring (bicyclic) bond motifs is 1. The van der Waals surface area contributed by atoms with E-state index in [1.807, 2.05) is 72.3 Å². The van der Waals surface area contributed by atoms with Gasteiger partial charge in [-0.05, 0) is 61.0 Å². The van der Waals surface area contributed by atoms with Crippen molar-refractivity contribution in [2.75, 3.05) is 6.79 Å². The summed E-state index contributed by atoms with van der Waals surface area (Å²) in [6.07, 6.45) is 11.5. The van der Waals surface area contributed by atoms with E-state index in [2.05, 4.69) is 9.97 Å². The van der Waals surface area contributed by atoms with Crippen molar-refractivity contribution >= 4 is 17.8 Å². The van der Waals surface area contributed by atoms with Crippen molar-refractivity contribution in [3.63, 3.8) is 0 Å². The summed E-state index contributed by atoms with van der Waals surface area (Å²) < 4.78 is 19.0. The third-order valence-electron chi connectivity index (χ3n) is 5.96. The molecule has 6 rings (SSSR count). The van der Waals surface area contributed by atoms with Gasteiger partial charge in [0.05, 0.1) is 6.33 Å². The number of imidazole rings is 1. The second kappa shape index (κ2) is 8.56. The predicted molar refractivity (Wildman–Crippen MR) is 131 cm³/mol. The summed E-state index contributed by atoms with van der Waals surface area (Å²) in [5, 5.41) is 0.320. The van der Waals surface area contributed by atoms with Gasteiger partial charge in [-0.3, -0.25) is 4.99 Å². The number of ether oxygens (including phenoxy) is 3. The molecule has 35 heavy (non-hydrogen) atoms. The minimum atomic E-state index is -0.811. The molecule has 0 amide bonds. The maximum absolute atomic E-state index is 6.54. The first-order valence-corrected chi connectivity index (χ1v) is 11.4. The Morgan fingerprint density at radius 1 is 1.09 bits per heavy atom. The molecule has 4 aromatic rings. The summed E-state index contributed by atoms with van der Waals surface area (Å²) >= 11 is 6.54. The van der Waals surface area contributed by atoms with Crippen molar-refractivity contribution in [2.45, 2.75) is 18.9 Å². The normalized spacial score (nSPS) is 17.8. The molecule has 0 radical (unpaired) electrons. The highest BCUT2D eigenvalue weighted by molar-refractivity contribution is 6.30. The maximum atomic E-state index is 6.54. The number of hydrogen-bond acceptors (Lipinski definition) is 7. The van der Waals surface area contributed by atoms with Gasteiger partial charge in [-0.25, -0.2) is 9.97 Å². The number of benzene rings is 2. The van der Waals surface area contributed by atoms with Gasteiger partial charge >= 0.3 is 0 Å². The summed E-state index contributed by atoms with van der Waals surface area (Å²) in [7, 11) is 0. The van der Waals surface area contributed by atoms with Gasteiger partial charge in [-0.1, -0.05) is 17.7 Å². The quantitative estimate of drug-likeness (QED) is 0.348. The van der Waals surface area contributed by atoms with Crippen molar-refractivity contribution in [3.8, 4) is 28.8 Å². The number of nitrogens with zero attached hydrogens (tertiary/aromatic N) is 5. The third kappa shape index (κ3) is 4.02. The van der Waals surface area contributed by atoms with Crippen LogP contribution in [0, 0.1) is 6.92 Å². The molecule has 174 valence electrons. The van der Waals surface area contributed by atoms with E-state index in [-0.39, 0.29) is 6.79 Å². The van der Waals surface area contributed by atoms with Gasteiger partial charge in [0.1, 0.15) is 16.4 Å². The van der Waals surface area contributed by atoms with Crippen LogP contribution >= 0.6 is 11.6 Å². The van der Waals surface area contributed by atoms with Crippen molar-refractivity contribution < 1.29 is 14.2 Å². The summed E-state index contributed by atoms with van der Waals surface area (Å²) in [5.41, 5.74) is 1.82. The third-order valence-corrected chi connectivity index (χ3v) is 6.32. The lowest BCUT2D eigenvalue weighted by Gasteiger charge is -2.24. The first kappa shape index (κ1) is 21.4. The Balaban J connectivity index is 1.32. The second-order valence-electron chi connectivity index (χ2n) is 8.26. The van der Waals surface area contributed by atoms with E-state index in [9.17, 15) is 0 Å². The Bertz CT molecular complexity index is 1440. The highest BCUT2D eigenvalue weighted by Gasteiger charge is 2.36. The number of rotatable bonds is 6. The molecular formula is C26H20ClN5O3. The van der Waals surface area contributed by atoms with E-state index in [0.717, 1.165) is 22.7 Å². The van der Waals surface area contributed by atoms with E-state index in [1.54, 1.807) is 18.7 Å². The standard InChI is InChI=1S/C26H20ClN5O3/c1-17-23(27)30-25(31-24(17)35-20-6-4-19(5-7-20)32-12-11-28-15-32)26(9-2-10-29-26)14-18-3-8-21-22(13-18)34-16-33-21/h2-13,15H,14,16H2,1H3. The molecule has 0 aliphatic carbocycles. The van der Waals surface area contributed by atoms with Gasteiger partial charge in [-0.2, -0.15) is 4.98 Å². The van der Waals surface area contributed by atoms with Gasteiger partial charge in [0.25, 0.3) is 0 Å². The molecule has 2 aliphatic heterocycles. The van der Waals surface area contributed by atoms with Crippen LogP contribution in [0.5, 0.6) is 23.1 Å². The zero-order chi connectivity index (χ0) is 23.8. The average Bonchev–Trinajstić information content (AvgIpc) is 3.65. The van der Waals surface area contributed by atoms with Crippen LogP contribution in [0.1, 0.15) is 17.0 Å². The summed E-state index contributed by atoms with van der Waals surface area (Å²) in [6, 6.07) is 13.5. The molecule has 0 saturated carbocycles. The van der Waals surface area contributed by atoms with Crippen LogP contribution in [0.2, 0.25) is 5.15 Å². The van der Waals surface area contributed by atoms with Gasteiger partial charge in [-0.15, -0.1) is 0 Å². The van der Waals surface area contributed by atoms with Crippen LogP contribution in [0.4, 0.5) is 0 Å². The number of allylic oxidation sites excluding steroid dienone is 1. The number of hydrogen-bond donors (Lipinski definition) is 0. The maximum Gasteiger partial charge on any atom is 0.231 e. The Morgan fingerprint density at radius 2 is 1.94 bits per heavy atom. The van der Waals surface area contributed by atoms with E-state index < -0.39 is 5.54 Å². The average molecular weight is 486 g/mol. The number of aromatic nitrogens is 4. The van der Waals surface area contributed by atoms with Gasteiger partial charge in [0.15, 0.2) is 17.3 Å². The molecule has 0 fully saturated rings. The van der Waals surface area contributed by atoms with Gasteiger partial charge in [0.2, 0.25) is 12.7 Å². The second-order valence-corrected chi connectivity index (χ2v) is 8.62. The topological polar surface area (TPSA) is 83.6 Å². The molecule has 8 nitrogen and oxygen atoms in total. The monoisotopic (exact) mass is 485 g/mol. The molecule has 0 N–H and O–H groups in total. The molecule has 1 unspecified atom stereocenters. The van der Waals surface area contributed by atoms with Crippen LogP contribution in [-0.2, 0) is 12.0 Å². The Morgan fingerprint density at radius 3 is 2.71 bits per heavy atom. The van der Waals surface area contributed by atoms with Crippen molar-refractivity contribution in [1.29, 1.82) is 0 Å². The predicted octanol–water partition coefficient (Wildman–Crippen LogP) is 5.22. The molecular weight excluding hydrogens is 466 g/mol. The Kier molecular flexibility index (Phi) is 5.22. The van der Waals surface area contributed by atoms with Crippen molar-refractivity contribution in [2.24, 2.45) is 4.99 Å². The van der Waals surface area contributed by atoms with Crippen LogP contribution in [-0.4, -0.2) is 32.5 Å². The summed E-state index contributed by atoms with van der Waals surface area (Å²) in [5.74, 6) is 2.93. The first-order chi connectivity index (χ1) is 17.1. The highest BCUT2D eigenvalue weighted by atomic mass is 35.5. The molecule has 2 aromatic heterocycles. The van der Waals surface area contributed by atoms with E-state index in [1.165, 1.54) is 0 Å². The SMILES string of the molecule is Cc1c(Cl)nc(C2(Cc3ccc4c(c3)OCO4)C=CC=N2)nc1Oc1ccc(-n2ccnc2)cc1. The fourth-order valence-corrected chi connectivity index (χ4v) is 4.23. The molecule has 0 bridgehead atoms. The molecule has 0 spiro atoms. The lowest BCUT2D eigenvalue weighted by Crippen LogP contribution is -2.26. The fraction of sp³-hybridized carbons (Fsp3) is 0.154. The van der Waals surface area contributed by atoms with Gasteiger partial charge in [0, 0.05) is 36.3 Å². The molecule has 2 aliphatic rings. The molecule has 2 aromatic carbocycles. The lowest BCUT2D eigenvalue weighted by molar-refractivity contribution is 0.174. The number of halogens is 1. The first-order valence-electron chi connectivity index (χ1n) is 11.0. The molecule has 1 atom stereocenters. The summed E-state index contributed by atoms with van der Waals surface area (Å²) in [4.78, 5) is 18.2. The largest absolute Gasteiger partial charge is 0.454 e. The van der Waals surface area contributed by atoms with Gasteiger partial charge < -0.3 is 18.8 Å². The zero-order valence-electron chi connectivity index (χ0n) is 18.8. The fourth-order valence-electron chi connectivity index (χ4n) is 4.07. The summed E-state index contributed by atoms with van der Waals surface area (Å²) in [6.45, 7) is 2.06. The van der Waals surface area contributed by atoms with Crippen LogP contribution in [0.25, 0.3) is 5.69 Å². The molecule has 0 saturated heterocycles. The van der Waals surface area contributed by atoms with E-state index in [4.69, 9.17) is 35.8 Å². The van der Waals surface area contributed by atoms with Crippen molar-refractivity contribution in [1.82, 2.24) is 19.5 Å². The van der Waals surface area contributed by atoms with Crippen molar-refractivity contribution in [3.05, 3.63) is 95.4 Å². The smallest absolute Gasteiger partial charge is 0.231 e. The zero-order valence-corrected chi connectivity index (χ0v) is 19.5. The van der Waals surface area contributed by atoms with Crippen LogP contribution in [0.3, 0.4) is 0 Å².